The van der Waals surface area contributed by atoms with Crippen molar-refractivity contribution in [1.82, 2.24) is 10.3 Å². The number of hydrogen-bond acceptors (Lipinski definition) is 4. The lowest BCUT2D eigenvalue weighted by atomic mass is 9.99. The molecule has 5 nitrogen and oxygen atoms in total. The van der Waals surface area contributed by atoms with Crippen LogP contribution in [-0.2, 0) is 0 Å². The van der Waals surface area contributed by atoms with E-state index in [1.165, 1.54) is 11.1 Å². The SMILES string of the molecule is Cc1ccc2c(N3CC[C@@H](NC(=O)c4ccccc4)[C@H](O)C3)ccnc2c1C. The van der Waals surface area contributed by atoms with Crippen LogP contribution in [0.15, 0.2) is 54.7 Å². The largest absolute Gasteiger partial charge is 0.389 e. The van der Waals surface area contributed by atoms with Crippen molar-refractivity contribution in [2.24, 2.45) is 0 Å². The van der Waals surface area contributed by atoms with E-state index in [4.69, 9.17) is 0 Å². The van der Waals surface area contributed by atoms with Gasteiger partial charge in [0, 0.05) is 35.9 Å². The molecule has 1 amide bonds. The lowest BCUT2D eigenvalue weighted by Gasteiger charge is -2.38. The van der Waals surface area contributed by atoms with Crippen molar-refractivity contribution in [3.05, 3.63) is 71.4 Å². The number of nitrogens with zero attached hydrogens (tertiary/aromatic N) is 2. The minimum absolute atomic E-state index is 0.140. The van der Waals surface area contributed by atoms with Crippen molar-refractivity contribution >= 4 is 22.5 Å². The normalized spacial score (nSPS) is 19.6. The monoisotopic (exact) mass is 375 g/mol. The molecule has 5 heteroatoms. The van der Waals surface area contributed by atoms with E-state index in [0.717, 1.165) is 23.1 Å². The van der Waals surface area contributed by atoms with E-state index >= 15 is 0 Å². The lowest BCUT2D eigenvalue weighted by Crippen LogP contribution is -2.54. The third kappa shape index (κ3) is 3.45. The third-order valence-corrected chi connectivity index (χ3v) is 5.69. The van der Waals surface area contributed by atoms with Crippen LogP contribution < -0.4 is 10.2 Å². The number of carbonyl (C=O) groups is 1. The molecule has 1 saturated heterocycles. The van der Waals surface area contributed by atoms with E-state index in [0.29, 0.717) is 18.5 Å². The fraction of sp³-hybridized carbons (Fsp3) is 0.304. The van der Waals surface area contributed by atoms with E-state index in [9.17, 15) is 9.90 Å². The van der Waals surface area contributed by atoms with Gasteiger partial charge in [-0.15, -0.1) is 0 Å². The van der Waals surface area contributed by atoms with Crippen molar-refractivity contribution in [1.29, 1.82) is 0 Å². The molecule has 0 radical (unpaired) electrons. The van der Waals surface area contributed by atoms with E-state index in [1.807, 2.05) is 30.5 Å². The van der Waals surface area contributed by atoms with Gasteiger partial charge < -0.3 is 15.3 Å². The average Bonchev–Trinajstić information content (AvgIpc) is 2.72. The van der Waals surface area contributed by atoms with Gasteiger partial charge in [-0.1, -0.05) is 30.3 Å². The Labute approximate surface area is 165 Å². The van der Waals surface area contributed by atoms with Crippen molar-refractivity contribution in [2.45, 2.75) is 32.4 Å². The second kappa shape index (κ2) is 7.60. The first-order chi connectivity index (χ1) is 13.5. The number of aliphatic hydroxyl groups is 1. The van der Waals surface area contributed by atoms with Crippen LogP contribution in [0.2, 0.25) is 0 Å². The standard InChI is InChI=1S/C23H25N3O2/c1-15-8-9-18-20(10-12-24-22(18)16(15)2)26-13-11-19(21(27)14-26)25-23(28)17-6-4-3-5-7-17/h3-10,12,19,21,27H,11,13-14H2,1-2H3,(H,25,28)/t19-,21-/m1/s1. The van der Waals surface area contributed by atoms with Crippen LogP contribution in [0.5, 0.6) is 0 Å². The predicted molar refractivity (Wildman–Crippen MR) is 112 cm³/mol. The zero-order chi connectivity index (χ0) is 19.7. The zero-order valence-corrected chi connectivity index (χ0v) is 16.2. The first-order valence-electron chi connectivity index (χ1n) is 9.68. The van der Waals surface area contributed by atoms with Gasteiger partial charge in [-0.25, -0.2) is 0 Å². The smallest absolute Gasteiger partial charge is 0.251 e. The van der Waals surface area contributed by atoms with Gasteiger partial charge in [-0.05, 0) is 49.6 Å². The minimum atomic E-state index is -0.629. The summed E-state index contributed by atoms with van der Waals surface area (Å²) < 4.78 is 0. The molecular formula is C23H25N3O2. The fourth-order valence-corrected chi connectivity index (χ4v) is 3.88. The molecule has 3 aromatic rings. The van der Waals surface area contributed by atoms with Crippen LogP contribution >= 0.6 is 0 Å². The lowest BCUT2D eigenvalue weighted by molar-refractivity contribution is 0.0798. The van der Waals surface area contributed by atoms with Crippen LogP contribution in [-0.4, -0.2) is 41.2 Å². The van der Waals surface area contributed by atoms with Crippen molar-refractivity contribution in [3.8, 4) is 0 Å². The zero-order valence-electron chi connectivity index (χ0n) is 16.2. The topological polar surface area (TPSA) is 65.5 Å². The maximum Gasteiger partial charge on any atom is 0.251 e. The van der Waals surface area contributed by atoms with Crippen LogP contribution in [0.25, 0.3) is 10.9 Å². The number of aryl methyl sites for hydroxylation is 2. The van der Waals surface area contributed by atoms with Crippen molar-refractivity contribution in [3.63, 3.8) is 0 Å². The van der Waals surface area contributed by atoms with E-state index in [2.05, 4.69) is 41.2 Å². The summed E-state index contributed by atoms with van der Waals surface area (Å²) in [5, 5.41) is 14.8. The number of β-amino-alcohol motifs (C(OH)–C–C–N with tert-alkyl or cyclic N) is 1. The second-order valence-corrected chi connectivity index (χ2v) is 7.48. The number of fused-ring (bicyclic) bond motifs is 1. The highest BCUT2D eigenvalue weighted by atomic mass is 16.3. The molecule has 0 bridgehead atoms. The molecule has 28 heavy (non-hydrogen) atoms. The Morgan fingerprint density at radius 2 is 1.93 bits per heavy atom. The molecule has 144 valence electrons. The van der Waals surface area contributed by atoms with Gasteiger partial charge in [0.2, 0.25) is 0 Å². The Morgan fingerprint density at radius 3 is 2.68 bits per heavy atom. The molecule has 2 N–H and O–H groups in total. The van der Waals surface area contributed by atoms with Crippen LogP contribution in [0.3, 0.4) is 0 Å². The molecule has 0 unspecified atom stereocenters. The molecule has 0 spiro atoms. The van der Waals surface area contributed by atoms with Crippen LogP contribution in [0.1, 0.15) is 27.9 Å². The number of nitrogens with one attached hydrogen (secondary N) is 1. The van der Waals surface area contributed by atoms with E-state index in [1.54, 1.807) is 12.1 Å². The molecule has 2 atom stereocenters. The summed E-state index contributed by atoms with van der Waals surface area (Å²) in [4.78, 5) is 19.2. The maximum absolute atomic E-state index is 12.4. The minimum Gasteiger partial charge on any atom is -0.389 e. The summed E-state index contributed by atoms with van der Waals surface area (Å²) >= 11 is 0. The number of anilines is 1. The van der Waals surface area contributed by atoms with Gasteiger partial charge in [0.05, 0.1) is 17.7 Å². The summed E-state index contributed by atoms with van der Waals surface area (Å²) in [5.74, 6) is -0.140. The van der Waals surface area contributed by atoms with Gasteiger partial charge in [0.15, 0.2) is 0 Å². The predicted octanol–water partition coefficient (Wildman–Crippen LogP) is 3.22. The summed E-state index contributed by atoms with van der Waals surface area (Å²) in [6.07, 6.45) is 1.89. The Balaban J connectivity index is 1.51. The quantitative estimate of drug-likeness (QED) is 0.738. The molecule has 1 aliphatic heterocycles. The Bertz CT molecular complexity index is 1000. The number of aliphatic hydroxyl groups excluding tert-OH is 1. The van der Waals surface area contributed by atoms with Crippen molar-refractivity contribution in [2.75, 3.05) is 18.0 Å². The number of rotatable bonds is 3. The first kappa shape index (κ1) is 18.4. The number of aromatic nitrogens is 1. The maximum atomic E-state index is 12.4. The van der Waals surface area contributed by atoms with E-state index in [-0.39, 0.29) is 11.9 Å². The molecule has 0 aliphatic carbocycles. The second-order valence-electron chi connectivity index (χ2n) is 7.48. The number of amides is 1. The number of pyridine rings is 1. The van der Waals surface area contributed by atoms with Crippen LogP contribution in [0.4, 0.5) is 5.69 Å². The highest BCUT2D eigenvalue weighted by Gasteiger charge is 2.30. The van der Waals surface area contributed by atoms with Gasteiger partial charge in [-0.2, -0.15) is 0 Å². The van der Waals surface area contributed by atoms with Gasteiger partial charge in [0.1, 0.15) is 0 Å². The molecule has 1 aliphatic rings. The molecule has 1 fully saturated rings. The summed E-state index contributed by atoms with van der Waals surface area (Å²) in [6, 6.07) is 15.1. The molecule has 2 aromatic carbocycles. The fourth-order valence-electron chi connectivity index (χ4n) is 3.88. The Kier molecular flexibility index (Phi) is 5.01. The molecular weight excluding hydrogens is 350 g/mol. The van der Waals surface area contributed by atoms with Crippen LogP contribution in [0, 0.1) is 13.8 Å². The summed E-state index contributed by atoms with van der Waals surface area (Å²) in [7, 11) is 0. The number of carbonyl (C=O) groups excluding carboxylic acids is 1. The van der Waals surface area contributed by atoms with Gasteiger partial charge >= 0.3 is 0 Å². The first-order valence-corrected chi connectivity index (χ1v) is 9.68. The molecule has 4 rings (SSSR count). The highest BCUT2D eigenvalue weighted by Crippen LogP contribution is 2.30. The summed E-state index contributed by atoms with van der Waals surface area (Å²) in [5.41, 5.74) is 5.11. The summed E-state index contributed by atoms with van der Waals surface area (Å²) in [6.45, 7) is 5.43. The van der Waals surface area contributed by atoms with E-state index < -0.39 is 6.10 Å². The van der Waals surface area contributed by atoms with Gasteiger partial charge in [0.25, 0.3) is 5.91 Å². The molecule has 2 heterocycles. The number of hydrogen-bond donors (Lipinski definition) is 2. The number of benzene rings is 2. The van der Waals surface area contributed by atoms with Crippen molar-refractivity contribution < 1.29 is 9.90 Å². The highest BCUT2D eigenvalue weighted by molar-refractivity contribution is 5.95. The molecule has 0 saturated carbocycles. The Hall–Kier alpha value is -2.92. The van der Waals surface area contributed by atoms with Gasteiger partial charge in [-0.3, -0.25) is 9.78 Å². The molecule has 1 aromatic heterocycles. The third-order valence-electron chi connectivity index (χ3n) is 5.69. The average molecular weight is 375 g/mol. The Morgan fingerprint density at radius 1 is 1.14 bits per heavy atom. The number of piperidine rings is 1.